The van der Waals surface area contributed by atoms with Crippen LogP contribution in [0.15, 0.2) is 66.3 Å². The van der Waals surface area contributed by atoms with Crippen molar-refractivity contribution in [2.45, 2.75) is 19.9 Å². The number of thiazole rings is 1. The molecule has 5 rings (SSSR count). The first-order chi connectivity index (χ1) is 14.7. The zero-order valence-electron chi connectivity index (χ0n) is 16.6. The van der Waals surface area contributed by atoms with Gasteiger partial charge in [0.2, 0.25) is 0 Å². The Morgan fingerprint density at radius 2 is 1.93 bits per heavy atom. The summed E-state index contributed by atoms with van der Waals surface area (Å²) in [5, 5.41) is 10.6. The summed E-state index contributed by atoms with van der Waals surface area (Å²) in [6.45, 7) is 4.05. The minimum Gasteiger partial charge on any atom is -0.363 e. The van der Waals surface area contributed by atoms with Crippen molar-refractivity contribution in [1.82, 2.24) is 25.1 Å². The maximum absolute atomic E-state index is 4.65. The number of aromatic amines is 1. The van der Waals surface area contributed by atoms with Crippen molar-refractivity contribution in [3.63, 3.8) is 0 Å². The molecule has 0 amide bonds. The van der Waals surface area contributed by atoms with Crippen LogP contribution in [0, 0.1) is 6.92 Å². The highest BCUT2D eigenvalue weighted by Crippen LogP contribution is 2.28. The van der Waals surface area contributed by atoms with Crippen molar-refractivity contribution in [3.8, 4) is 22.5 Å². The summed E-state index contributed by atoms with van der Waals surface area (Å²) in [7, 11) is 0. The topological polar surface area (TPSA) is 79.4 Å². The van der Waals surface area contributed by atoms with Crippen LogP contribution in [-0.2, 0) is 0 Å². The molecule has 148 valence electrons. The van der Waals surface area contributed by atoms with E-state index in [4.69, 9.17) is 0 Å². The first-order valence-corrected chi connectivity index (χ1v) is 10.6. The molecule has 0 aliphatic carbocycles. The quantitative estimate of drug-likeness (QED) is 0.391. The molecular weight excluding hydrogens is 392 g/mol. The third kappa shape index (κ3) is 3.67. The molecule has 2 aromatic carbocycles. The SMILES string of the molecule is Cc1nc(N[C@@H](C)c2cccc(-c3ccn[nH]3)c2)cc(-c2ccc3ncsc3c2)n1. The predicted octanol–water partition coefficient (Wildman–Crippen LogP) is 5.62. The Morgan fingerprint density at radius 1 is 1.00 bits per heavy atom. The van der Waals surface area contributed by atoms with Gasteiger partial charge in [0.1, 0.15) is 11.6 Å². The van der Waals surface area contributed by atoms with E-state index < -0.39 is 0 Å². The lowest BCUT2D eigenvalue weighted by Crippen LogP contribution is -2.09. The molecule has 0 bridgehead atoms. The Labute approximate surface area is 178 Å². The van der Waals surface area contributed by atoms with Gasteiger partial charge in [-0.1, -0.05) is 24.3 Å². The van der Waals surface area contributed by atoms with Crippen LogP contribution >= 0.6 is 11.3 Å². The van der Waals surface area contributed by atoms with Crippen LogP contribution in [0.1, 0.15) is 24.4 Å². The number of rotatable bonds is 5. The zero-order valence-corrected chi connectivity index (χ0v) is 17.4. The first kappa shape index (κ1) is 18.4. The number of hydrogen-bond donors (Lipinski definition) is 2. The first-order valence-electron chi connectivity index (χ1n) is 9.71. The molecule has 0 fully saturated rings. The number of aryl methyl sites for hydroxylation is 1. The molecular formula is C23H20N6S. The summed E-state index contributed by atoms with van der Waals surface area (Å²) >= 11 is 1.64. The maximum Gasteiger partial charge on any atom is 0.130 e. The van der Waals surface area contributed by atoms with Gasteiger partial charge in [-0.2, -0.15) is 5.10 Å². The van der Waals surface area contributed by atoms with Crippen molar-refractivity contribution in [1.29, 1.82) is 0 Å². The van der Waals surface area contributed by atoms with Crippen LogP contribution in [-0.4, -0.2) is 25.1 Å². The number of benzene rings is 2. The average molecular weight is 413 g/mol. The molecule has 0 spiro atoms. The molecule has 30 heavy (non-hydrogen) atoms. The van der Waals surface area contributed by atoms with Crippen LogP contribution in [0.5, 0.6) is 0 Å². The van der Waals surface area contributed by atoms with Gasteiger partial charge in [-0.3, -0.25) is 5.10 Å². The molecule has 3 aromatic heterocycles. The van der Waals surface area contributed by atoms with Crippen LogP contribution < -0.4 is 5.32 Å². The summed E-state index contributed by atoms with van der Waals surface area (Å²) < 4.78 is 1.15. The highest BCUT2D eigenvalue weighted by atomic mass is 32.1. The fourth-order valence-corrected chi connectivity index (χ4v) is 4.22. The van der Waals surface area contributed by atoms with E-state index in [-0.39, 0.29) is 6.04 Å². The lowest BCUT2D eigenvalue weighted by atomic mass is 10.0. The molecule has 6 nitrogen and oxygen atoms in total. The van der Waals surface area contributed by atoms with Crippen LogP contribution in [0.25, 0.3) is 32.7 Å². The van der Waals surface area contributed by atoms with E-state index in [1.165, 1.54) is 5.56 Å². The van der Waals surface area contributed by atoms with E-state index in [9.17, 15) is 0 Å². The smallest absolute Gasteiger partial charge is 0.130 e. The van der Waals surface area contributed by atoms with Gasteiger partial charge in [0.05, 0.1) is 27.1 Å². The van der Waals surface area contributed by atoms with Crippen molar-refractivity contribution in [2.75, 3.05) is 5.32 Å². The fourth-order valence-electron chi connectivity index (χ4n) is 3.50. The van der Waals surface area contributed by atoms with E-state index in [2.05, 4.69) is 73.8 Å². The van der Waals surface area contributed by atoms with Gasteiger partial charge in [0.15, 0.2) is 0 Å². The Hall–Kier alpha value is -3.58. The summed E-state index contributed by atoms with van der Waals surface area (Å²) in [4.78, 5) is 13.6. The molecule has 0 radical (unpaired) electrons. The standard InChI is InChI=1S/C23H20N6S/c1-14(16-4-3-5-17(10-16)19-8-9-25-29-19)26-23-12-21(27-15(2)28-23)18-6-7-20-22(11-18)30-13-24-20/h3-14H,1-2H3,(H,25,29)(H,26,27,28)/t14-/m0/s1. The average Bonchev–Trinajstić information content (AvgIpc) is 3.45. The van der Waals surface area contributed by atoms with E-state index in [1.54, 1.807) is 17.5 Å². The molecule has 0 unspecified atom stereocenters. The highest BCUT2D eigenvalue weighted by Gasteiger charge is 2.11. The summed E-state index contributed by atoms with van der Waals surface area (Å²) in [5.41, 5.74) is 8.13. The second-order valence-corrected chi connectivity index (χ2v) is 8.07. The zero-order chi connectivity index (χ0) is 20.5. The van der Waals surface area contributed by atoms with Crippen LogP contribution in [0.4, 0.5) is 5.82 Å². The Kier molecular flexibility index (Phi) is 4.72. The molecule has 7 heteroatoms. The molecule has 5 aromatic rings. The number of H-pyrrole nitrogens is 1. The van der Waals surface area contributed by atoms with Crippen molar-refractivity contribution >= 4 is 27.4 Å². The van der Waals surface area contributed by atoms with Gasteiger partial charge in [-0.25, -0.2) is 15.0 Å². The minimum atomic E-state index is 0.0824. The Morgan fingerprint density at radius 3 is 2.80 bits per heavy atom. The maximum atomic E-state index is 4.65. The molecule has 0 saturated heterocycles. The van der Waals surface area contributed by atoms with Crippen LogP contribution in [0.2, 0.25) is 0 Å². The number of fused-ring (bicyclic) bond motifs is 1. The monoisotopic (exact) mass is 412 g/mol. The molecule has 3 heterocycles. The Balaban J connectivity index is 1.43. The number of anilines is 1. The molecule has 2 N–H and O–H groups in total. The fraction of sp³-hybridized carbons (Fsp3) is 0.130. The number of nitrogens with one attached hydrogen (secondary N) is 2. The largest absolute Gasteiger partial charge is 0.363 e. The van der Waals surface area contributed by atoms with Gasteiger partial charge < -0.3 is 5.32 Å². The lowest BCUT2D eigenvalue weighted by Gasteiger charge is -2.17. The van der Waals surface area contributed by atoms with Gasteiger partial charge in [0.25, 0.3) is 0 Å². The van der Waals surface area contributed by atoms with E-state index in [0.29, 0.717) is 0 Å². The number of aromatic nitrogens is 5. The van der Waals surface area contributed by atoms with E-state index in [0.717, 1.165) is 44.4 Å². The summed E-state index contributed by atoms with van der Waals surface area (Å²) in [6.07, 6.45) is 1.76. The molecule has 0 aliphatic rings. The predicted molar refractivity (Wildman–Crippen MR) is 121 cm³/mol. The third-order valence-corrected chi connectivity index (χ3v) is 5.82. The highest BCUT2D eigenvalue weighted by molar-refractivity contribution is 7.16. The second-order valence-electron chi connectivity index (χ2n) is 7.18. The van der Waals surface area contributed by atoms with Crippen LogP contribution in [0.3, 0.4) is 0 Å². The van der Waals surface area contributed by atoms with E-state index in [1.807, 2.05) is 30.6 Å². The molecule has 0 aliphatic heterocycles. The van der Waals surface area contributed by atoms with E-state index >= 15 is 0 Å². The molecule has 0 saturated carbocycles. The summed E-state index contributed by atoms with van der Waals surface area (Å²) in [5.74, 6) is 1.54. The normalized spacial score (nSPS) is 12.2. The summed E-state index contributed by atoms with van der Waals surface area (Å²) in [6, 6.07) is 18.7. The van der Waals surface area contributed by atoms with Gasteiger partial charge in [-0.15, -0.1) is 11.3 Å². The minimum absolute atomic E-state index is 0.0824. The second kappa shape index (κ2) is 7.68. The van der Waals surface area contributed by atoms with Gasteiger partial charge in [-0.05, 0) is 49.2 Å². The van der Waals surface area contributed by atoms with Crippen molar-refractivity contribution in [2.24, 2.45) is 0 Å². The number of hydrogen-bond acceptors (Lipinski definition) is 6. The van der Waals surface area contributed by atoms with Gasteiger partial charge >= 0.3 is 0 Å². The number of nitrogens with zero attached hydrogens (tertiary/aromatic N) is 4. The lowest BCUT2D eigenvalue weighted by molar-refractivity contribution is 0.868. The Bertz CT molecular complexity index is 1310. The van der Waals surface area contributed by atoms with Gasteiger partial charge in [0, 0.05) is 23.9 Å². The van der Waals surface area contributed by atoms with Crippen molar-refractivity contribution < 1.29 is 0 Å². The molecule has 1 atom stereocenters. The third-order valence-electron chi connectivity index (χ3n) is 5.03. The van der Waals surface area contributed by atoms with Crippen molar-refractivity contribution in [3.05, 3.63) is 77.7 Å².